The van der Waals surface area contributed by atoms with Gasteiger partial charge in [0.15, 0.2) is 0 Å². The largest absolute Gasteiger partial charge is 0.334 e. The molecule has 1 aliphatic heterocycles. The van der Waals surface area contributed by atoms with E-state index in [0.717, 1.165) is 25.3 Å². The number of nitrogens with one attached hydrogen (secondary N) is 1. The minimum Gasteiger partial charge on any atom is -0.334 e. The Hall–Kier alpha value is -1.68. The van der Waals surface area contributed by atoms with E-state index < -0.39 is 0 Å². The molecule has 1 atom stereocenters. The monoisotopic (exact) mass is 231 g/mol. The predicted octanol–water partition coefficient (Wildman–Crippen LogP) is 0.915. The van der Waals surface area contributed by atoms with Crippen molar-refractivity contribution in [1.29, 1.82) is 0 Å². The molecule has 0 bridgehead atoms. The van der Waals surface area contributed by atoms with E-state index in [0.29, 0.717) is 0 Å². The van der Waals surface area contributed by atoms with Crippen molar-refractivity contribution in [1.82, 2.24) is 15.2 Å². The summed E-state index contributed by atoms with van der Waals surface area (Å²) in [5, 5.41) is 3.26. The van der Waals surface area contributed by atoms with Crippen LogP contribution in [0.5, 0.6) is 0 Å². The van der Waals surface area contributed by atoms with Crippen molar-refractivity contribution in [3.05, 3.63) is 36.2 Å². The van der Waals surface area contributed by atoms with Gasteiger partial charge >= 0.3 is 0 Å². The third-order valence-corrected chi connectivity index (χ3v) is 2.87. The van der Waals surface area contributed by atoms with Gasteiger partial charge in [0.1, 0.15) is 0 Å². The van der Waals surface area contributed by atoms with Crippen LogP contribution in [0.4, 0.5) is 0 Å². The number of aromatic nitrogens is 1. The van der Waals surface area contributed by atoms with Crippen LogP contribution in [0, 0.1) is 0 Å². The summed E-state index contributed by atoms with van der Waals surface area (Å²) in [7, 11) is 0. The molecule has 1 aromatic rings. The second-order valence-electron chi connectivity index (χ2n) is 4.17. The van der Waals surface area contributed by atoms with Gasteiger partial charge < -0.3 is 10.2 Å². The first-order chi connectivity index (χ1) is 8.27. The molecule has 0 spiro atoms. The second-order valence-corrected chi connectivity index (χ2v) is 4.17. The molecule has 2 heterocycles. The van der Waals surface area contributed by atoms with E-state index in [4.69, 9.17) is 0 Å². The lowest BCUT2D eigenvalue weighted by molar-refractivity contribution is -0.128. The van der Waals surface area contributed by atoms with Gasteiger partial charge in [-0.2, -0.15) is 0 Å². The van der Waals surface area contributed by atoms with E-state index in [-0.39, 0.29) is 11.9 Å². The van der Waals surface area contributed by atoms with Crippen molar-refractivity contribution >= 4 is 12.0 Å². The summed E-state index contributed by atoms with van der Waals surface area (Å²) >= 11 is 0. The van der Waals surface area contributed by atoms with Gasteiger partial charge in [0.25, 0.3) is 0 Å². The molecule has 90 valence electrons. The molecule has 1 aromatic heterocycles. The van der Waals surface area contributed by atoms with Gasteiger partial charge in [-0.3, -0.25) is 9.78 Å². The lowest BCUT2D eigenvalue weighted by atomic mass is 10.2. The number of rotatable bonds is 2. The fourth-order valence-electron chi connectivity index (χ4n) is 1.90. The highest BCUT2D eigenvalue weighted by molar-refractivity contribution is 5.91. The van der Waals surface area contributed by atoms with Crippen LogP contribution in [0.15, 0.2) is 30.5 Å². The van der Waals surface area contributed by atoms with E-state index in [1.165, 1.54) is 0 Å². The molecule has 0 radical (unpaired) electrons. The first-order valence-electron chi connectivity index (χ1n) is 5.88. The number of hydrogen-bond donors (Lipinski definition) is 1. The summed E-state index contributed by atoms with van der Waals surface area (Å²) in [6, 6.07) is 5.90. The molecule has 1 amide bonds. The predicted molar refractivity (Wildman–Crippen MR) is 67.3 cm³/mol. The van der Waals surface area contributed by atoms with Gasteiger partial charge in [0.2, 0.25) is 5.91 Å². The van der Waals surface area contributed by atoms with E-state index in [2.05, 4.69) is 17.2 Å². The van der Waals surface area contributed by atoms with Crippen LogP contribution in [-0.2, 0) is 4.79 Å². The number of amides is 1. The summed E-state index contributed by atoms with van der Waals surface area (Å²) in [4.78, 5) is 18.0. The molecule has 1 saturated heterocycles. The van der Waals surface area contributed by atoms with Crippen molar-refractivity contribution in [2.75, 3.05) is 19.6 Å². The standard InChI is InChI=1S/C13H17N3O/c1-11-10-14-8-9-16(11)13(17)6-5-12-4-2-3-7-15-12/h2-7,11,14H,8-10H2,1H3. The summed E-state index contributed by atoms with van der Waals surface area (Å²) < 4.78 is 0. The summed E-state index contributed by atoms with van der Waals surface area (Å²) in [5.41, 5.74) is 0.809. The Morgan fingerprint density at radius 1 is 1.59 bits per heavy atom. The molecule has 1 N–H and O–H groups in total. The third kappa shape index (κ3) is 3.14. The van der Waals surface area contributed by atoms with Crippen LogP contribution < -0.4 is 5.32 Å². The van der Waals surface area contributed by atoms with Gasteiger partial charge in [-0.25, -0.2) is 0 Å². The average molecular weight is 231 g/mol. The number of hydrogen-bond acceptors (Lipinski definition) is 3. The number of carbonyl (C=O) groups is 1. The first kappa shape index (κ1) is 11.8. The van der Waals surface area contributed by atoms with Crippen molar-refractivity contribution in [3.8, 4) is 0 Å². The highest BCUT2D eigenvalue weighted by atomic mass is 16.2. The zero-order chi connectivity index (χ0) is 12.1. The van der Waals surface area contributed by atoms with Crippen LogP contribution in [0.25, 0.3) is 6.08 Å². The molecule has 1 fully saturated rings. The van der Waals surface area contributed by atoms with E-state index in [1.807, 2.05) is 23.1 Å². The molecule has 0 aliphatic carbocycles. The number of pyridine rings is 1. The summed E-state index contributed by atoms with van der Waals surface area (Å²) in [6.07, 6.45) is 5.08. The van der Waals surface area contributed by atoms with E-state index in [9.17, 15) is 4.79 Å². The van der Waals surface area contributed by atoms with Crippen molar-refractivity contribution in [3.63, 3.8) is 0 Å². The Labute approximate surface area is 101 Å². The maximum absolute atomic E-state index is 12.0. The van der Waals surface area contributed by atoms with Gasteiger partial charge in [-0.15, -0.1) is 0 Å². The number of piperazine rings is 1. The highest BCUT2D eigenvalue weighted by Gasteiger charge is 2.20. The van der Waals surface area contributed by atoms with Crippen LogP contribution in [0.3, 0.4) is 0 Å². The smallest absolute Gasteiger partial charge is 0.246 e. The molecular weight excluding hydrogens is 214 g/mol. The van der Waals surface area contributed by atoms with Crippen molar-refractivity contribution in [2.45, 2.75) is 13.0 Å². The van der Waals surface area contributed by atoms with Gasteiger partial charge in [-0.05, 0) is 25.1 Å². The number of nitrogens with zero attached hydrogens (tertiary/aromatic N) is 2. The van der Waals surface area contributed by atoms with Gasteiger partial charge in [0, 0.05) is 37.9 Å². The number of carbonyl (C=O) groups excluding carboxylic acids is 1. The Bertz CT molecular complexity index is 402. The Morgan fingerprint density at radius 3 is 3.18 bits per heavy atom. The van der Waals surface area contributed by atoms with E-state index in [1.54, 1.807) is 18.3 Å². The van der Waals surface area contributed by atoms with Crippen LogP contribution in [0.1, 0.15) is 12.6 Å². The normalized spacial score (nSPS) is 20.8. The van der Waals surface area contributed by atoms with Crippen LogP contribution in [0.2, 0.25) is 0 Å². The second kappa shape index (κ2) is 5.59. The quantitative estimate of drug-likeness (QED) is 0.770. The maximum atomic E-state index is 12.0. The Kier molecular flexibility index (Phi) is 3.88. The average Bonchev–Trinajstić information content (AvgIpc) is 2.38. The Balaban J connectivity index is 1.99. The minimum absolute atomic E-state index is 0.0599. The van der Waals surface area contributed by atoms with E-state index >= 15 is 0 Å². The zero-order valence-electron chi connectivity index (χ0n) is 9.97. The maximum Gasteiger partial charge on any atom is 0.246 e. The first-order valence-corrected chi connectivity index (χ1v) is 5.88. The molecule has 4 nitrogen and oxygen atoms in total. The van der Waals surface area contributed by atoms with Gasteiger partial charge in [0.05, 0.1) is 5.69 Å². The lowest BCUT2D eigenvalue weighted by Crippen LogP contribution is -2.51. The van der Waals surface area contributed by atoms with Crippen LogP contribution >= 0.6 is 0 Å². The fraction of sp³-hybridized carbons (Fsp3) is 0.385. The molecular formula is C13H17N3O. The summed E-state index contributed by atoms with van der Waals surface area (Å²) in [6.45, 7) is 4.56. The molecule has 1 unspecified atom stereocenters. The SMILES string of the molecule is CC1CNCCN1C(=O)C=Cc1ccccn1. The Morgan fingerprint density at radius 2 is 2.47 bits per heavy atom. The fourth-order valence-corrected chi connectivity index (χ4v) is 1.90. The molecule has 0 aromatic carbocycles. The lowest BCUT2D eigenvalue weighted by Gasteiger charge is -2.33. The highest BCUT2D eigenvalue weighted by Crippen LogP contribution is 2.05. The summed E-state index contributed by atoms with van der Waals surface area (Å²) in [5.74, 6) is 0.0599. The third-order valence-electron chi connectivity index (χ3n) is 2.87. The van der Waals surface area contributed by atoms with Gasteiger partial charge in [-0.1, -0.05) is 6.07 Å². The molecule has 4 heteroatoms. The topological polar surface area (TPSA) is 45.2 Å². The molecule has 1 aliphatic rings. The molecule has 2 rings (SSSR count). The van der Waals surface area contributed by atoms with Crippen LogP contribution in [-0.4, -0.2) is 41.5 Å². The zero-order valence-corrected chi connectivity index (χ0v) is 9.97. The minimum atomic E-state index is 0.0599. The molecule has 0 saturated carbocycles. The van der Waals surface area contributed by atoms with Crippen molar-refractivity contribution < 1.29 is 4.79 Å². The molecule has 17 heavy (non-hydrogen) atoms. The van der Waals surface area contributed by atoms with Crippen molar-refractivity contribution in [2.24, 2.45) is 0 Å².